The van der Waals surface area contributed by atoms with Crippen molar-refractivity contribution < 1.29 is 9.13 Å². The molecule has 0 radical (unpaired) electrons. The summed E-state index contributed by atoms with van der Waals surface area (Å²) in [6.07, 6.45) is 1.11. The van der Waals surface area contributed by atoms with E-state index in [9.17, 15) is 4.39 Å². The van der Waals surface area contributed by atoms with E-state index in [0.29, 0.717) is 17.9 Å². The number of hydrogen-bond acceptors (Lipinski definition) is 4. The van der Waals surface area contributed by atoms with E-state index in [1.807, 2.05) is 5.38 Å². The molecule has 0 fully saturated rings. The number of thiazole rings is 1. The van der Waals surface area contributed by atoms with Crippen molar-refractivity contribution in [3.05, 3.63) is 45.7 Å². The highest BCUT2D eigenvalue weighted by atomic mass is 32.1. The van der Waals surface area contributed by atoms with E-state index in [4.69, 9.17) is 4.74 Å². The number of benzene rings is 1. The van der Waals surface area contributed by atoms with Crippen LogP contribution in [0.3, 0.4) is 0 Å². The van der Waals surface area contributed by atoms with E-state index in [1.54, 1.807) is 30.4 Å². The minimum absolute atomic E-state index is 0.245. The van der Waals surface area contributed by atoms with Gasteiger partial charge in [0.05, 0.1) is 5.69 Å². The molecule has 0 amide bonds. The third-order valence-electron chi connectivity index (χ3n) is 2.83. The van der Waals surface area contributed by atoms with Crippen LogP contribution in [0.25, 0.3) is 0 Å². The minimum Gasteiger partial charge on any atom is -0.487 e. The third-order valence-corrected chi connectivity index (χ3v) is 3.73. The lowest BCUT2D eigenvalue weighted by molar-refractivity contribution is 0.300. The zero-order chi connectivity index (χ0) is 14.4. The third kappa shape index (κ3) is 4.28. The van der Waals surface area contributed by atoms with Crippen LogP contribution < -0.4 is 10.1 Å². The number of hydrogen-bond donors (Lipinski definition) is 1. The number of ether oxygens (including phenoxy) is 1. The summed E-state index contributed by atoms with van der Waals surface area (Å²) in [5.41, 5.74) is 1.50. The van der Waals surface area contributed by atoms with Gasteiger partial charge in [-0.05, 0) is 31.5 Å². The Morgan fingerprint density at radius 3 is 3.00 bits per heavy atom. The van der Waals surface area contributed by atoms with Gasteiger partial charge in [-0.3, -0.25) is 0 Å². The predicted octanol–water partition coefficient (Wildman–Crippen LogP) is 3.67. The van der Waals surface area contributed by atoms with Crippen LogP contribution in [-0.4, -0.2) is 11.5 Å². The molecule has 0 saturated heterocycles. The number of aromatic nitrogens is 1. The first-order chi connectivity index (χ1) is 9.69. The molecule has 1 heterocycles. The first kappa shape index (κ1) is 14.9. The fourth-order valence-corrected chi connectivity index (χ4v) is 2.44. The van der Waals surface area contributed by atoms with Crippen LogP contribution in [0, 0.1) is 12.7 Å². The Hall–Kier alpha value is -1.46. The molecule has 1 N–H and O–H groups in total. The average molecular weight is 294 g/mol. The molecule has 3 nitrogen and oxygen atoms in total. The van der Waals surface area contributed by atoms with Gasteiger partial charge in [-0.2, -0.15) is 0 Å². The van der Waals surface area contributed by atoms with Crippen LogP contribution in [0.4, 0.5) is 4.39 Å². The monoisotopic (exact) mass is 294 g/mol. The zero-order valence-electron chi connectivity index (χ0n) is 11.8. The molecular formula is C15H19FN2OS. The van der Waals surface area contributed by atoms with Crippen molar-refractivity contribution in [1.82, 2.24) is 10.3 Å². The van der Waals surface area contributed by atoms with Crippen LogP contribution in [-0.2, 0) is 13.2 Å². The molecular weight excluding hydrogens is 275 g/mol. The highest BCUT2D eigenvalue weighted by Crippen LogP contribution is 2.18. The van der Waals surface area contributed by atoms with Crippen LogP contribution in [0.5, 0.6) is 5.75 Å². The standard InChI is InChI=1S/C15H19FN2OS/c1-3-6-17-8-15-18-12(10-20-15)9-19-13-5-4-11(2)14(16)7-13/h4-5,7,10,17H,3,6,8-9H2,1-2H3. The van der Waals surface area contributed by atoms with E-state index < -0.39 is 0 Å². The van der Waals surface area contributed by atoms with E-state index >= 15 is 0 Å². The summed E-state index contributed by atoms with van der Waals surface area (Å²) < 4.78 is 18.9. The summed E-state index contributed by atoms with van der Waals surface area (Å²) >= 11 is 1.61. The topological polar surface area (TPSA) is 34.2 Å². The summed E-state index contributed by atoms with van der Waals surface area (Å²) in [7, 11) is 0. The van der Waals surface area contributed by atoms with E-state index in [-0.39, 0.29) is 5.82 Å². The molecule has 1 aromatic carbocycles. The second kappa shape index (κ2) is 7.36. The Balaban J connectivity index is 1.85. The second-order valence-electron chi connectivity index (χ2n) is 4.61. The summed E-state index contributed by atoms with van der Waals surface area (Å²) in [5.74, 6) is 0.289. The first-order valence-electron chi connectivity index (χ1n) is 6.72. The van der Waals surface area contributed by atoms with E-state index in [1.165, 1.54) is 6.07 Å². The van der Waals surface area contributed by atoms with Crippen molar-refractivity contribution in [2.24, 2.45) is 0 Å². The lowest BCUT2D eigenvalue weighted by Gasteiger charge is -2.05. The Morgan fingerprint density at radius 1 is 1.40 bits per heavy atom. The lowest BCUT2D eigenvalue weighted by atomic mass is 10.2. The van der Waals surface area contributed by atoms with Gasteiger partial charge >= 0.3 is 0 Å². The zero-order valence-corrected chi connectivity index (χ0v) is 12.6. The van der Waals surface area contributed by atoms with Crippen LogP contribution in [0.1, 0.15) is 29.6 Å². The highest BCUT2D eigenvalue weighted by Gasteiger charge is 2.04. The van der Waals surface area contributed by atoms with E-state index in [2.05, 4.69) is 17.2 Å². The summed E-state index contributed by atoms with van der Waals surface area (Å²) in [5, 5.41) is 6.34. The molecule has 0 aliphatic rings. The molecule has 0 aliphatic carbocycles. The Labute approximate surface area is 122 Å². The van der Waals surface area contributed by atoms with E-state index in [0.717, 1.165) is 30.2 Å². The largest absolute Gasteiger partial charge is 0.487 e. The Bertz CT molecular complexity index is 557. The number of nitrogens with one attached hydrogen (secondary N) is 1. The molecule has 0 unspecified atom stereocenters. The van der Waals surface area contributed by atoms with Crippen molar-refractivity contribution in [3.8, 4) is 5.75 Å². The minimum atomic E-state index is -0.245. The summed E-state index contributed by atoms with van der Waals surface area (Å²) in [6, 6.07) is 4.89. The van der Waals surface area contributed by atoms with Crippen molar-refractivity contribution in [3.63, 3.8) is 0 Å². The molecule has 2 aromatic rings. The van der Waals surface area contributed by atoms with Gasteiger partial charge in [0.1, 0.15) is 23.2 Å². The van der Waals surface area contributed by atoms with Gasteiger partial charge in [0, 0.05) is 18.0 Å². The highest BCUT2D eigenvalue weighted by molar-refractivity contribution is 7.09. The van der Waals surface area contributed by atoms with Gasteiger partial charge in [-0.15, -0.1) is 11.3 Å². The number of aryl methyl sites for hydroxylation is 1. The molecule has 0 bridgehead atoms. The molecule has 2 rings (SSSR count). The van der Waals surface area contributed by atoms with Crippen LogP contribution >= 0.6 is 11.3 Å². The molecule has 0 atom stereocenters. The van der Waals surface area contributed by atoms with Gasteiger partial charge in [0.25, 0.3) is 0 Å². The lowest BCUT2D eigenvalue weighted by Crippen LogP contribution is -2.13. The summed E-state index contributed by atoms with van der Waals surface area (Å²) in [6.45, 7) is 6.02. The molecule has 5 heteroatoms. The predicted molar refractivity (Wildman–Crippen MR) is 79.6 cm³/mol. The Kier molecular flexibility index (Phi) is 5.49. The van der Waals surface area contributed by atoms with Gasteiger partial charge < -0.3 is 10.1 Å². The van der Waals surface area contributed by atoms with Gasteiger partial charge in [0.2, 0.25) is 0 Å². The number of rotatable bonds is 7. The average Bonchev–Trinajstić information content (AvgIpc) is 2.88. The van der Waals surface area contributed by atoms with Gasteiger partial charge in [-0.1, -0.05) is 13.0 Å². The molecule has 1 aromatic heterocycles. The maximum absolute atomic E-state index is 13.4. The molecule has 20 heavy (non-hydrogen) atoms. The SMILES string of the molecule is CCCNCc1nc(COc2ccc(C)c(F)c2)cs1. The van der Waals surface area contributed by atoms with Crippen molar-refractivity contribution in [2.45, 2.75) is 33.4 Å². The normalized spacial score (nSPS) is 10.8. The first-order valence-corrected chi connectivity index (χ1v) is 7.60. The second-order valence-corrected chi connectivity index (χ2v) is 5.55. The van der Waals surface area contributed by atoms with Crippen molar-refractivity contribution in [1.29, 1.82) is 0 Å². The molecule has 0 aliphatic heterocycles. The number of halogens is 1. The quantitative estimate of drug-likeness (QED) is 0.791. The fraction of sp³-hybridized carbons (Fsp3) is 0.400. The smallest absolute Gasteiger partial charge is 0.131 e. The fourth-order valence-electron chi connectivity index (χ4n) is 1.69. The maximum Gasteiger partial charge on any atom is 0.131 e. The van der Waals surface area contributed by atoms with Gasteiger partial charge in [-0.25, -0.2) is 9.37 Å². The Morgan fingerprint density at radius 2 is 2.25 bits per heavy atom. The summed E-state index contributed by atoms with van der Waals surface area (Å²) in [4.78, 5) is 4.47. The van der Waals surface area contributed by atoms with Crippen LogP contribution in [0.2, 0.25) is 0 Å². The number of nitrogens with zero attached hydrogens (tertiary/aromatic N) is 1. The molecule has 0 spiro atoms. The molecule has 0 saturated carbocycles. The maximum atomic E-state index is 13.4. The molecule has 108 valence electrons. The van der Waals surface area contributed by atoms with Crippen molar-refractivity contribution in [2.75, 3.05) is 6.54 Å². The van der Waals surface area contributed by atoms with Crippen LogP contribution in [0.15, 0.2) is 23.6 Å². The van der Waals surface area contributed by atoms with Crippen molar-refractivity contribution >= 4 is 11.3 Å². The van der Waals surface area contributed by atoms with Gasteiger partial charge in [0.15, 0.2) is 0 Å².